The highest BCUT2D eigenvalue weighted by molar-refractivity contribution is 14.2. The third-order valence-corrected chi connectivity index (χ3v) is 3.63. The topological polar surface area (TPSA) is 15.8 Å². The third kappa shape index (κ3) is 0.871. The predicted octanol–water partition coefficient (Wildman–Crippen LogP) is 1.98. The highest BCUT2D eigenvalue weighted by Gasteiger charge is 1.97. The molecule has 9 heavy (non-hydrogen) atoms. The average molecular weight is 231 g/mol. The maximum Gasteiger partial charge on any atom is 0.0512 e. The van der Waals surface area contributed by atoms with Crippen LogP contribution in [-0.2, 0) is 0 Å². The lowest BCUT2D eigenvalue weighted by molar-refractivity contribution is 1.37. The highest BCUT2D eigenvalue weighted by atomic mass is 127. The summed E-state index contributed by atoms with van der Waals surface area (Å²) in [6.07, 6.45) is 6.26. The van der Waals surface area contributed by atoms with Gasteiger partial charge in [0.15, 0.2) is 0 Å². The molecule has 2 rings (SSSR count). The van der Waals surface area contributed by atoms with E-state index in [1.54, 1.807) is 0 Å². The van der Waals surface area contributed by atoms with E-state index < -0.39 is 0 Å². The standard InChI is InChI=1S/C7H6IN/c1-2-7-6(8-4-1)3-5-9-7/h1-5,9H. The Bertz CT molecular complexity index is 244. The van der Waals surface area contributed by atoms with E-state index in [0.717, 1.165) is 0 Å². The summed E-state index contributed by atoms with van der Waals surface area (Å²) in [6, 6.07) is 2.17. The summed E-state index contributed by atoms with van der Waals surface area (Å²) in [6.45, 7) is 0. The molecule has 0 radical (unpaired) electrons. The van der Waals surface area contributed by atoms with Gasteiger partial charge in [-0.1, -0.05) is 26.8 Å². The van der Waals surface area contributed by atoms with Crippen molar-refractivity contribution in [3.05, 3.63) is 27.6 Å². The first-order valence-electron chi connectivity index (χ1n) is 2.77. The van der Waals surface area contributed by atoms with Gasteiger partial charge in [0, 0.05) is 9.77 Å². The number of H-pyrrole nitrogens is 1. The monoisotopic (exact) mass is 231 g/mol. The summed E-state index contributed by atoms with van der Waals surface area (Å²) in [4.78, 5) is 3.18. The minimum Gasteiger partial charge on any atom is -0.361 e. The van der Waals surface area contributed by atoms with Crippen LogP contribution in [-0.4, -0.2) is 9.00 Å². The number of nitrogens with one attached hydrogen (secondary N) is 1. The Balaban J connectivity index is 2.68. The molecular formula is C7H6IN. The van der Waals surface area contributed by atoms with Crippen LogP contribution < -0.4 is 0 Å². The second kappa shape index (κ2) is 2.10. The Morgan fingerprint density at radius 2 is 2.44 bits per heavy atom. The van der Waals surface area contributed by atoms with Crippen molar-refractivity contribution in [3.8, 4) is 0 Å². The molecule has 2 heteroatoms. The molecular weight excluding hydrogens is 225 g/mol. The molecule has 0 saturated carbocycles. The van der Waals surface area contributed by atoms with Crippen molar-refractivity contribution in [2.45, 2.75) is 0 Å². The van der Waals surface area contributed by atoms with E-state index in [2.05, 4.69) is 27.2 Å². The Labute approximate surface area is 63.5 Å². The van der Waals surface area contributed by atoms with Crippen LogP contribution in [0.4, 0.5) is 0 Å². The molecule has 2 heterocycles. The first-order valence-corrected chi connectivity index (χ1v) is 5.10. The minimum absolute atomic E-state index is 0.190. The number of aromatic amines is 1. The van der Waals surface area contributed by atoms with E-state index in [1.807, 2.05) is 6.20 Å². The van der Waals surface area contributed by atoms with Crippen molar-refractivity contribution < 1.29 is 0 Å². The molecule has 0 bridgehead atoms. The molecule has 1 N–H and O–H groups in total. The number of allylic oxidation sites excluding steroid dienone is 1. The lowest BCUT2D eigenvalue weighted by atomic mass is 10.4. The van der Waals surface area contributed by atoms with E-state index in [1.165, 1.54) is 9.26 Å². The summed E-state index contributed by atoms with van der Waals surface area (Å²) in [5, 5.41) is 0. The SMILES string of the molecule is C1=Cc2[nH]ccc2I=C1. The molecule has 0 amide bonds. The van der Waals surface area contributed by atoms with E-state index in [9.17, 15) is 0 Å². The van der Waals surface area contributed by atoms with Crippen LogP contribution in [0, 0.1) is 3.57 Å². The molecule has 1 aromatic heterocycles. The fraction of sp³-hybridized carbons (Fsp3) is 0. The van der Waals surface area contributed by atoms with E-state index in [0.29, 0.717) is 0 Å². The summed E-state index contributed by atoms with van der Waals surface area (Å²) >= 11 is 0.190. The van der Waals surface area contributed by atoms with Crippen LogP contribution in [0.25, 0.3) is 6.08 Å². The fourth-order valence-electron chi connectivity index (χ4n) is 0.823. The number of rotatable bonds is 0. The van der Waals surface area contributed by atoms with E-state index in [4.69, 9.17) is 0 Å². The van der Waals surface area contributed by atoms with Crippen LogP contribution in [0.2, 0.25) is 0 Å². The van der Waals surface area contributed by atoms with Crippen molar-refractivity contribution in [2.75, 3.05) is 0 Å². The van der Waals surface area contributed by atoms with Crippen molar-refractivity contribution in [3.63, 3.8) is 0 Å². The van der Waals surface area contributed by atoms with Crippen LogP contribution in [0.5, 0.6) is 0 Å². The smallest absolute Gasteiger partial charge is 0.0512 e. The van der Waals surface area contributed by atoms with Gasteiger partial charge in [-0.2, -0.15) is 0 Å². The first-order chi connectivity index (χ1) is 4.47. The summed E-state index contributed by atoms with van der Waals surface area (Å²) in [5.74, 6) is 0. The number of hydrogen-bond donors (Lipinski definition) is 1. The van der Waals surface area contributed by atoms with Crippen LogP contribution in [0.15, 0.2) is 18.3 Å². The molecule has 0 unspecified atom stereocenters. The van der Waals surface area contributed by atoms with E-state index >= 15 is 0 Å². The van der Waals surface area contributed by atoms with Gasteiger partial charge in [0.2, 0.25) is 0 Å². The molecule has 0 saturated heterocycles. The van der Waals surface area contributed by atoms with Crippen molar-refractivity contribution in [2.24, 2.45) is 0 Å². The molecule has 46 valence electrons. The van der Waals surface area contributed by atoms with Crippen molar-refractivity contribution in [1.82, 2.24) is 4.98 Å². The van der Waals surface area contributed by atoms with Crippen molar-refractivity contribution >= 4 is 30.8 Å². The molecule has 0 atom stereocenters. The van der Waals surface area contributed by atoms with Crippen LogP contribution >= 0.6 is 20.7 Å². The molecule has 0 fully saturated rings. The zero-order valence-corrected chi connectivity index (χ0v) is 6.92. The van der Waals surface area contributed by atoms with Gasteiger partial charge in [-0.05, 0) is 16.2 Å². The lowest BCUT2D eigenvalue weighted by Gasteiger charge is -1.93. The Hall–Kier alpha value is -0.380. The van der Waals surface area contributed by atoms with Crippen molar-refractivity contribution in [1.29, 1.82) is 0 Å². The van der Waals surface area contributed by atoms with Gasteiger partial charge >= 0.3 is 0 Å². The number of halogens is 1. The third-order valence-electron chi connectivity index (χ3n) is 1.24. The molecule has 0 aliphatic carbocycles. The van der Waals surface area contributed by atoms with Crippen LogP contribution in [0.1, 0.15) is 5.69 Å². The zero-order chi connectivity index (χ0) is 6.10. The predicted molar refractivity (Wildman–Crippen MR) is 48.6 cm³/mol. The largest absolute Gasteiger partial charge is 0.361 e. The molecule has 1 nitrogen and oxygen atoms in total. The van der Waals surface area contributed by atoms with Gasteiger partial charge in [0.1, 0.15) is 0 Å². The quantitative estimate of drug-likeness (QED) is 0.657. The fourth-order valence-corrected chi connectivity index (χ4v) is 2.68. The van der Waals surface area contributed by atoms with Gasteiger partial charge in [0.25, 0.3) is 0 Å². The summed E-state index contributed by atoms with van der Waals surface area (Å²) in [5.41, 5.74) is 1.31. The molecule has 0 aromatic carbocycles. The maximum atomic E-state index is 3.18. The first kappa shape index (κ1) is 5.41. The van der Waals surface area contributed by atoms with Crippen LogP contribution in [0.3, 0.4) is 0 Å². The second-order valence-corrected chi connectivity index (χ2v) is 4.34. The Morgan fingerprint density at radius 3 is 3.33 bits per heavy atom. The molecule has 1 aliphatic rings. The summed E-state index contributed by atoms with van der Waals surface area (Å²) < 4.78 is 3.78. The summed E-state index contributed by atoms with van der Waals surface area (Å²) in [7, 11) is 0. The average Bonchev–Trinajstić information content (AvgIpc) is 2.33. The van der Waals surface area contributed by atoms with E-state index in [-0.39, 0.29) is 20.7 Å². The number of aromatic nitrogens is 1. The molecule has 1 aliphatic heterocycles. The number of fused-ring (bicyclic) bond motifs is 1. The second-order valence-electron chi connectivity index (χ2n) is 1.83. The van der Waals surface area contributed by atoms with Gasteiger partial charge in [0.05, 0.1) is 5.69 Å². The molecule has 1 aromatic rings. The lowest BCUT2D eigenvalue weighted by Crippen LogP contribution is -1.78. The van der Waals surface area contributed by atoms with Gasteiger partial charge < -0.3 is 4.98 Å². The zero-order valence-electron chi connectivity index (χ0n) is 4.76. The molecule has 0 spiro atoms. The minimum atomic E-state index is 0.190. The van der Waals surface area contributed by atoms with Gasteiger partial charge in [-0.25, -0.2) is 0 Å². The highest BCUT2D eigenvalue weighted by Crippen LogP contribution is 2.19. The van der Waals surface area contributed by atoms with Gasteiger partial charge in [-0.3, -0.25) is 0 Å². The normalized spacial score (nSPS) is 14.7. The number of hydrogen-bond acceptors (Lipinski definition) is 0. The Kier molecular flexibility index (Phi) is 1.26. The van der Waals surface area contributed by atoms with Gasteiger partial charge in [-0.15, -0.1) is 0 Å². The Morgan fingerprint density at radius 1 is 1.44 bits per heavy atom. The maximum absolute atomic E-state index is 3.18.